The number of aryl methyl sites for hydroxylation is 1. The lowest BCUT2D eigenvalue weighted by Gasteiger charge is -2.61. The average Bonchev–Trinajstić information content (AvgIpc) is 3.44. The smallest absolute Gasteiger partial charge is 0.235 e. The highest BCUT2D eigenvalue weighted by Crippen LogP contribution is 2.70. The Morgan fingerprint density at radius 1 is 1.06 bits per heavy atom. The minimum Gasteiger partial charge on any atom is -0.347 e. The van der Waals surface area contributed by atoms with Crippen LogP contribution in [0.5, 0.6) is 0 Å². The lowest BCUT2D eigenvalue weighted by molar-refractivity contribution is -0.188. The second kappa shape index (κ2) is 8.24. The van der Waals surface area contributed by atoms with Gasteiger partial charge in [0.2, 0.25) is 5.91 Å². The second-order valence-corrected chi connectivity index (χ2v) is 14.5. The molecule has 5 nitrogen and oxygen atoms in total. The monoisotopic (exact) mass is 499 g/mol. The van der Waals surface area contributed by atoms with E-state index in [0.29, 0.717) is 11.2 Å². The van der Waals surface area contributed by atoms with E-state index in [2.05, 4.69) is 37.6 Å². The fourth-order valence-corrected chi connectivity index (χ4v) is 10.7. The Bertz CT molecular complexity index is 992. The van der Waals surface area contributed by atoms with Gasteiger partial charge in [-0.2, -0.15) is 0 Å². The zero-order chi connectivity index (χ0) is 24.6. The maximum Gasteiger partial charge on any atom is 0.235 e. The Hall–Kier alpha value is -1.01. The zero-order valence-corrected chi connectivity index (χ0v) is 23.3. The number of hydrogen-bond donors (Lipinski definition) is 0. The molecule has 6 heteroatoms. The summed E-state index contributed by atoms with van der Waals surface area (Å²) in [7, 11) is 1.98. The fourth-order valence-electron chi connectivity index (χ4n) is 9.91. The molecule has 1 saturated heterocycles. The van der Waals surface area contributed by atoms with Crippen LogP contribution in [0, 0.1) is 34.5 Å². The molecule has 1 aromatic heterocycles. The summed E-state index contributed by atoms with van der Waals surface area (Å²) in [4.78, 5) is 19.9. The summed E-state index contributed by atoms with van der Waals surface area (Å²) in [6, 6.07) is 0. The molecule has 1 aliphatic heterocycles. The van der Waals surface area contributed by atoms with E-state index in [1.807, 2.05) is 17.8 Å². The molecule has 0 N–H and O–H groups in total. The molecule has 0 aromatic carbocycles. The van der Waals surface area contributed by atoms with Crippen LogP contribution in [0.2, 0.25) is 0 Å². The lowest BCUT2D eigenvalue weighted by Crippen LogP contribution is -2.57. The van der Waals surface area contributed by atoms with Gasteiger partial charge in [-0.3, -0.25) is 4.79 Å². The number of rotatable bonds is 3. The summed E-state index contributed by atoms with van der Waals surface area (Å²) < 4.78 is 9.03. The number of fused-ring (bicyclic) bond motifs is 6. The maximum absolute atomic E-state index is 13.5. The predicted octanol–water partition coefficient (Wildman–Crippen LogP) is 6.28. The van der Waals surface area contributed by atoms with Crippen molar-refractivity contribution in [2.24, 2.45) is 41.5 Å². The van der Waals surface area contributed by atoms with Crippen LogP contribution in [0.15, 0.2) is 17.6 Å². The van der Waals surface area contributed by atoms with E-state index in [0.717, 1.165) is 41.8 Å². The molecule has 0 bridgehead atoms. The first-order valence-electron chi connectivity index (χ1n) is 14.2. The number of imidazole rings is 1. The number of aromatic nitrogens is 2. The number of ether oxygens (including phenoxy) is 1. The van der Waals surface area contributed by atoms with E-state index in [9.17, 15) is 4.79 Å². The van der Waals surface area contributed by atoms with Crippen molar-refractivity contribution in [3.8, 4) is 0 Å². The van der Waals surface area contributed by atoms with Crippen molar-refractivity contribution in [1.29, 1.82) is 0 Å². The van der Waals surface area contributed by atoms with Gasteiger partial charge in [-0.15, -0.1) is 0 Å². The number of carbonyl (C=O) groups excluding carboxylic acids is 1. The van der Waals surface area contributed by atoms with Gasteiger partial charge in [0.05, 0.1) is 17.9 Å². The third-order valence-electron chi connectivity index (χ3n) is 11.8. The van der Waals surface area contributed by atoms with E-state index in [4.69, 9.17) is 4.74 Å². The summed E-state index contributed by atoms with van der Waals surface area (Å²) in [6.45, 7) is 10.2. The van der Waals surface area contributed by atoms with Crippen molar-refractivity contribution in [1.82, 2.24) is 14.5 Å². The zero-order valence-electron chi connectivity index (χ0n) is 22.5. The van der Waals surface area contributed by atoms with Crippen LogP contribution in [0.25, 0.3) is 0 Å². The van der Waals surface area contributed by atoms with Crippen molar-refractivity contribution < 1.29 is 9.53 Å². The average molecular weight is 500 g/mol. The van der Waals surface area contributed by atoms with Gasteiger partial charge in [-0.05, 0) is 94.3 Å². The van der Waals surface area contributed by atoms with Gasteiger partial charge in [0.15, 0.2) is 5.16 Å². The predicted molar refractivity (Wildman–Crippen MR) is 140 cm³/mol. The summed E-state index contributed by atoms with van der Waals surface area (Å²) in [5, 5.41) is 0.893. The van der Waals surface area contributed by atoms with Crippen LogP contribution in [-0.2, 0) is 16.6 Å². The number of amides is 1. The van der Waals surface area contributed by atoms with Gasteiger partial charge in [-0.25, -0.2) is 4.98 Å². The van der Waals surface area contributed by atoms with Crippen molar-refractivity contribution in [3.05, 3.63) is 12.4 Å². The number of hydrogen-bond acceptors (Lipinski definition) is 4. The molecular weight excluding hydrogens is 454 g/mol. The van der Waals surface area contributed by atoms with Crippen LogP contribution in [0.4, 0.5) is 0 Å². The molecule has 1 aromatic rings. The highest BCUT2D eigenvalue weighted by Gasteiger charge is 2.69. The first kappa shape index (κ1) is 24.3. The quantitative estimate of drug-likeness (QED) is 0.459. The lowest BCUT2D eigenvalue weighted by atomic mass is 9.44. The summed E-state index contributed by atoms with van der Waals surface area (Å²) >= 11 is 1.53. The van der Waals surface area contributed by atoms with Crippen LogP contribution in [0.3, 0.4) is 0 Å². The van der Waals surface area contributed by atoms with Gasteiger partial charge in [-0.1, -0.05) is 38.5 Å². The van der Waals surface area contributed by atoms with Gasteiger partial charge in [0.1, 0.15) is 5.72 Å². The molecular formula is C29H45N3O2S. The van der Waals surface area contributed by atoms with Crippen LogP contribution in [0.1, 0.15) is 91.9 Å². The third-order valence-corrected chi connectivity index (χ3v) is 12.8. The van der Waals surface area contributed by atoms with Gasteiger partial charge in [0.25, 0.3) is 0 Å². The van der Waals surface area contributed by atoms with E-state index in [-0.39, 0.29) is 16.9 Å². The first-order valence-corrected chi connectivity index (χ1v) is 15.2. The van der Waals surface area contributed by atoms with E-state index in [1.54, 1.807) is 6.20 Å². The molecule has 1 amide bonds. The summed E-state index contributed by atoms with van der Waals surface area (Å²) in [5.41, 5.74) is -0.00948. The Morgan fingerprint density at radius 3 is 2.63 bits per heavy atom. The van der Waals surface area contributed by atoms with Gasteiger partial charge < -0.3 is 14.2 Å². The van der Waals surface area contributed by atoms with Crippen molar-refractivity contribution in [3.63, 3.8) is 0 Å². The maximum atomic E-state index is 13.5. The van der Waals surface area contributed by atoms with Gasteiger partial charge in [0, 0.05) is 24.9 Å². The molecule has 5 aliphatic rings. The van der Waals surface area contributed by atoms with Gasteiger partial charge >= 0.3 is 0 Å². The topological polar surface area (TPSA) is 47.4 Å². The number of thioether (sulfide) groups is 1. The summed E-state index contributed by atoms with van der Waals surface area (Å²) in [6.07, 6.45) is 17.4. The number of nitrogens with zero attached hydrogens (tertiary/aromatic N) is 3. The Labute approximate surface area is 216 Å². The molecule has 194 valence electrons. The second-order valence-electron chi connectivity index (χ2n) is 13.5. The minimum atomic E-state index is -0.555. The largest absolute Gasteiger partial charge is 0.347 e. The number of carbonyl (C=O) groups is 1. The Morgan fingerprint density at radius 2 is 1.86 bits per heavy atom. The van der Waals surface area contributed by atoms with Crippen molar-refractivity contribution in [2.45, 2.75) is 108 Å². The summed E-state index contributed by atoms with van der Waals surface area (Å²) in [5.74, 6) is 4.05. The standard InChI is InChI=1S/C29H45N3O2S/c1-26(2)32(24(33)18-35-25-30-16-17-31(25)5)19-29(34-26)15-12-23-21-10-9-20-8-6-7-13-27(20,3)22(21)11-14-28(23,29)4/h16-17,20-23H,6-15,18-19H2,1-5H3/t20-,21-,22+,23-,27+,28+,29-/m1/s1. The van der Waals surface area contributed by atoms with E-state index >= 15 is 0 Å². The van der Waals surface area contributed by atoms with Crippen LogP contribution < -0.4 is 0 Å². The molecule has 4 aliphatic carbocycles. The van der Waals surface area contributed by atoms with Crippen LogP contribution >= 0.6 is 11.8 Å². The molecule has 7 atom stereocenters. The molecule has 2 heterocycles. The highest BCUT2D eigenvalue weighted by atomic mass is 32.2. The molecule has 35 heavy (non-hydrogen) atoms. The van der Waals surface area contributed by atoms with Crippen molar-refractivity contribution in [2.75, 3.05) is 12.3 Å². The first-order chi connectivity index (χ1) is 16.6. The van der Waals surface area contributed by atoms with Crippen LogP contribution in [-0.4, -0.2) is 44.0 Å². The van der Waals surface area contributed by atoms with E-state index in [1.165, 1.54) is 69.5 Å². The van der Waals surface area contributed by atoms with E-state index < -0.39 is 5.72 Å². The molecule has 0 unspecified atom stereocenters. The molecule has 6 rings (SSSR count). The Kier molecular flexibility index (Phi) is 5.73. The Balaban J connectivity index is 1.22. The minimum absolute atomic E-state index is 0.172. The molecule has 0 radical (unpaired) electrons. The van der Waals surface area contributed by atoms with Crippen molar-refractivity contribution >= 4 is 17.7 Å². The highest BCUT2D eigenvalue weighted by molar-refractivity contribution is 7.99. The fraction of sp³-hybridized carbons (Fsp3) is 0.862. The molecule has 5 fully saturated rings. The molecule has 4 saturated carbocycles. The molecule has 1 spiro atoms. The SMILES string of the molecule is Cn1ccnc1SCC(=O)N1C[C@@]2(CC[C@@H]3[C@@H]4CC[C@H]5CCCC[C@]5(C)[C@H]4CC[C@@]32C)OC1(C)C. The third kappa shape index (κ3) is 3.51. The normalized spacial score (nSPS) is 44.2.